The number of aromatic nitrogens is 1. The molecular weight excluding hydrogens is 665 g/mol. The summed E-state index contributed by atoms with van der Waals surface area (Å²) in [5.74, 6) is 0. The van der Waals surface area contributed by atoms with Crippen molar-refractivity contribution in [2.45, 2.75) is 19.3 Å². The normalized spacial score (nSPS) is 13.7. The van der Waals surface area contributed by atoms with Crippen LogP contribution < -0.4 is 4.90 Å². The van der Waals surface area contributed by atoms with E-state index in [1.54, 1.807) is 0 Å². The van der Waals surface area contributed by atoms with Crippen molar-refractivity contribution < 1.29 is 0 Å². The molecule has 0 saturated carbocycles. The van der Waals surface area contributed by atoms with E-state index in [1.165, 1.54) is 111 Å². The van der Waals surface area contributed by atoms with Gasteiger partial charge < -0.3 is 9.47 Å². The predicted molar refractivity (Wildman–Crippen MR) is 232 cm³/mol. The van der Waals surface area contributed by atoms with Crippen LogP contribution in [0.3, 0.4) is 0 Å². The predicted octanol–water partition coefficient (Wildman–Crippen LogP) is 14.5. The van der Waals surface area contributed by atoms with Gasteiger partial charge in [-0.25, -0.2) is 0 Å². The Balaban J connectivity index is 1.12. The van der Waals surface area contributed by atoms with Crippen LogP contribution in [0.2, 0.25) is 0 Å². The third-order valence-electron chi connectivity index (χ3n) is 12.5. The Labute approximate surface area is 320 Å². The zero-order chi connectivity index (χ0) is 36.4. The number of hydrogen-bond donors (Lipinski definition) is 0. The number of hydrogen-bond acceptors (Lipinski definition) is 1. The van der Waals surface area contributed by atoms with E-state index in [2.05, 4.69) is 205 Å². The average Bonchev–Trinajstić information content (AvgIpc) is 3.69. The maximum Gasteiger partial charge on any atom is 0.0622 e. The van der Waals surface area contributed by atoms with Crippen molar-refractivity contribution in [3.8, 4) is 39.1 Å². The molecule has 0 fully saturated rings. The highest BCUT2D eigenvalue weighted by Gasteiger charge is 2.40. The van der Waals surface area contributed by atoms with E-state index in [0.717, 1.165) is 0 Å². The van der Waals surface area contributed by atoms with E-state index in [9.17, 15) is 0 Å². The molecule has 1 aromatic heterocycles. The maximum atomic E-state index is 2.53. The number of fused-ring (bicyclic) bond motifs is 10. The highest BCUT2D eigenvalue weighted by Crippen LogP contribution is 2.60. The molecule has 2 heteroatoms. The summed E-state index contributed by atoms with van der Waals surface area (Å²) in [5, 5.41) is 7.57. The third-order valence-corrected chi connectivity index (χ3v) is 12.5. The van der Waals surface area contributed by atoms with Gasteiger partial charge in [-0.3, -0.25) is 0 Å². The number of para-hydroxylation sites is 2. The summed E-state index contributed by atoms with van der Waals surface area (Å²) < 4.78 is 2.45. The van der Waals surface area contributed by atoms with Crippen molar-refractivity contribution >= 4 is 60.4 Å². The Bertz CT molecular complexity index is 3230. The summed E-state index contributed by atoms with van der Waals surface area (Å²) in [5.41, 5.74) is 17.7. The fraction of sp³-hybridized carbons (Fsp3) is 0.0566. The van der Waals surface area contributed by atoms with Crippen molar-refractivity contribution in [2.24, 2.45) is 0 Å². The number of rotatable bonds is 3. The van der Waals surface area contributed by atoms with Crippen molar-refractivity contribution in [2.75, 3.05) is 4.90 Å². The second kappa shape index (κ2) is 11.1. The lowest BCUT2D eigenvalue weighted by molar-refractivity contribution is 0.660. The fourth-order valence-corrected chi connectivity index (χ4v) is 10.0. The molecule has 0 saturated heterocycles. The van der Waals surface area contributed by atoms with Crippen LogP contribution in [0.15, 0.2) is 182 Å². The van der Waals surface area contributed by atoms with Gasteiger partial charge in [0.1, 0.15) is 0 Å². The van der Waals surface area contributed by atoms with E-state index in [0.29, 0.717) is 0 Å². The lowest BCUT2D eigenvalue weighted by Crippen LogP contribution is -2.18. The molecule has 2 nitrogen and oxygen atoms in total. The molecule has 0 radical (unpaired) electrons. The van der Waals surface area contributed by atoms with Crippen LogP contribution in [0.4, 0.5) is 17.1 Å². The Kier molecular flexibility index (Phi) is 6.15. The van der Waals surface area contributed by atoms with E-state index >= 15 is 0 Å². The Hall–Kier alpha value is -6.90. The number of nitrogens with zero attached hydrogens (tertiary/aromatic N) is 2. The van der Waals surface area contributed by atoms with Crippen LogP contribution in [0, 0.1) is 0 Å². The van der Waals surface area contributed by atoms with E-state index < -0.39 is 0 Å². The minimum Gasteiger partial charge on any atom is -0.309 e. The highest BCUT2D eigenvalue weighted by molar-refractivity contribution is 6.20. The average molecular weight is 701 g/mol. The van der Waals surface area contributed by atoms with Gasteiger partial charge in [0.25, 0.3) is 0 Å². The summed E-state index contributed by atoms with van der Waals surface area (Å²) in [6.07, 6.45) is 0. The van der Waals surface area contributed by atoms with E-state index in [4.69, 9.17) is 0 Å². The summed E-state index contributed by atoms with van der Waals surface area (Å²) in [6, 6.07) is 67.6. The molecule has 10 aromatic rings. The van der Waals surface area contributed by atoms with Crippen LogP contribution in [-0.4, -0.2) is 4.57 Å². The highest BCUT2D eigenvalue weighted by atomic mass is 15.2. The largest absolute Gasteiger partial charge is 0.309 e. The molecule has 2 aliphatic rings. The molecule has 12 rings (SSSR count). The minimum atomic E-state index is -0.0885. The first kappa shape index (κ1) is 30.6. The number of anilines is 3. The first-order valence-corrected chi connectivity index (χ1v) is 19.3. The molecule has 0 bridgehead atoms. The zero-order valence-electron chi connectivity index (χ0n) is 30.7. The minimum absolute atomic E-state index is 0.0885. The SMILES string of the molecule is CC1(C)c2ccccc2-c2c1ccc1c2N(c2ccccc2)c2cccc3c(-c4ccc5c(c4)c4ccccc4n5-c4cccc5ccccc45)ccc-1c23. The zero-order valence-corrected chi connectivity index (χ0v) is 30.7. The van der Waals surface area contributed by atoms with Crippen LogP contribution >= 0.6 is 0 Å². The quantitative estimate of drug-likeness (QED) is 0.178. The second-order valence-electron chi connectivity index (χ2n) is 15.7. The van der Waals surface area contributed by atoms with Crippen LogP contribution in [0.5, 0.6) is 0 Å². The molecule has 258 valence electrons. The second-order valence-corrected chi connectivity index (χ2v) is 15.7. The van der Waals surface area contributed by atoms with E-state index in [1.807, 2.05) is 0 Å². The van der Waals surface area contributed by atoms with E-state index in [-0.39, 0.29) is 5.41 Å². The van der Waals surface area contributed by atoms with Crippen molar-refractivity contribution in [3.05, 3.63) is 193 Å². The van der Waals surface area contributed by atoms with Crippen molar-refractivity contribution in [3.63, 3.8) is 0 Å². The number of benzene rings is 9. The first-order valence-electron chi connectivity index (χ1n) is 19.3. The summed E-state index contributed by atoms with van der Waals surface area (Å²) >= 11 is 0. The van der Waals surface area contributed by atoms with Gasteiger partial charge in [0.05, 0.1) is 28.1 Å². The summed E-state index contributed by atoms with van der Waals surface area (Å²) in [6.45, 7) is 4.74. The third kappa shape index (κ3) is 4.09. The Morgan fingerprint density at radius 1 is 0.418 bits per heavy atom. The topological polar surface area (TPSA) is 8.17 Å². The molecule has 0 unspecified atom stereocenters. The lowest BCUT2D eigenvalue weighted by Gasteiger charge is -2.36. The van der Waals surface area contributed by atoms with Gasteiger partial charge in [-0.2, -0.15) is 0 Å². The van der Waals surface area contributed by atoms with Crippen LogP contribution in [0.25, 0.3) is 82.4 Å². The standard InChI is InChI=1S/C53H36N2/c1-53(2)44-22-10-8-20-42(44)51-45(53)30-29-41-40-28-27-36(39-21-13-25-49(50(39)40)54(52(41)51)35-16-4-3-5-17-35)34-26-31-48-43(32-34)38-19-9-11-23-47(38)55(48)46-24-12-15-33-14-6-7-18-37(33)46/h3-32H,1-2H3. The van der Waals surface area contributed by atoms with Gasteiger partial charge in [-0.1, -0.05) is 153 Å². The molecule has 2 heterocycles. The first-order chi connectivity index (χ1) is 27.1. The Morgan fingerprint density at radius 3 is 2.00 bits per heavy atom. The van der Waals surface area contributed by atoms with Crippen molar-refractivity contribution in [1.29, 1.82) is 0 Å². The van der Waals surface area contributed by atoms with Gasteiger partial charge in [0, 0.05) is 43.8 Å². The molecule has 0 N–H and O–H groups in total. The van der Waals surface area contributed by atoms with Gasteiger partial charge in [0.2, 0.25) is 0 Å². The van der Waals surface area contributed by atoms with Gasteiger partial charge in [-0.05, 0) is 86.6 Å². The molecule has 0 atom stereocenters. The summed E-state index contributed by atoms with van der Waals surface area (Å²) in [4.78, 5) is 2.53. The van der Waals surface area contributed by atoms with Crippen LogP contribution in [-0.2, 0) is 5.41 Å². The molecular formula is C53H36N2. The lowest BCUT2D eigenvalue weighted by atomic mass is 9.80. The van der Waals surface area contributed by atoms with Gasteiger partial charge in [0.15, 0.2) is 0 Å². The smallest absolute Gasteiger partial charge is 0.0622 e. The van der Waals surface area contributed by atoms with Gasteiger partial charge in [-0.15, -0.1) is 0 Å². The van der Waals surface area contributed by atoms with Gasteiger partial charge >= 0.3 is 0 Å². The van der Waals surface area contributed by atoms with Crippen molar-refractivity contribution in [1.82, 2.24) is 4.57 Å². The molecule has 1 aliphatic heterocycles. The van der Waals surface area contributed by atoms with Crippen LogP contribution in [0.1, 0.15) is 25.0 Å². The Morgan fingerprint density at radius 2 is 1.09 bits per heavy atom. The molecule has 9 aromatic carbocycles. The maximum absolute atomic E-state index is 2.53. The molecule has 1 aliphatic carbocycles. The molecule has 0 spiro atoms. The summed E-state index contributed by atoms with van der Waals surface area (Å²) in [7, 11) is 0. The fourth-order valence-electron chi connectivity index (χ4n) is 10.0. The monoisotopic (exact) mass is 700 g/mol. The molecule has 0 amide bonds. The molecule has 55 heavy (non-hydrogen) atoms.